The van der Waals surface area contributed by atoms with Crippen molar-refractivity contribution in [1.29, 1.82) is 0 Å². The van der Waals surface area contributed by atoms with Crippen LogP contribution in [0.4, 0.5) is 0 Å². The lowest BCUT2D eigenvalue weighted by atomic mass is 10.2. The number of oxime groups is 1. The van der Waals surface area contributed by atoms with Gasteiger partial charge in [-0.2, -0.15) is 0 Å². The molecular formula is C13H20N2O2S. The van der Waals surface area contributed by atoms with Gasteiger partial charge in [0.1, 0.15) is 0 Å². The van der Waals surface area contributed by atoms with Crippen LogP contribution in [0.5, 0.6) is 0 Å². The number of nitrogens with zero attached hydrogens (tertiary/aromatic N) is 2. The molecule has 1 aromatic heterocycles. The monoisotopic (exact) mass is 268 g/mol. The third kappa shape index (κ3) is 4.40. The van der Waals surface area contributed by atoms with E-state index in [0.29, 0.717) is 0 Å². The van der Waals surface area contributed by atoms with Crippen molar-refractivity contribution in [2.24, 2.45) is 5.16 Å². The minimum atomic E-state index is 0.884. The van der Waals surface area contributed by atoms with E-state index in [2.05, 4.69) is 16.1 Å². The zero-order chi connectivity index (χ0) is 12.6. The second-order valence-electron chi connectivity index (χ2n) is 4.46. The average molecular weight is 268 g/mol. The number of hydrogen-bond donors (Lipinski definition) is 1. The van der Waals surface area contributed by atoms with E-state index < -0.39 is 0 Å². The van der Waals surface area contributed by atoms with Gasteiger partial charge in [-0.1, -0.05) is 5.16 Å². The van der Waals surface area contributed by atoms with Crippen LogP contribution < -0.4 is 0 Å². The number of unbranched alkanes of at least 4 members (excludes halogenated alkanes) is 1. The summed E-state index contributed by atoms with van der Waals surface area (Å²) in [6.07, 6.45) is 5.06. The lowest BCUT2D eigenvalue weighted by molar-refractivity contribution is 0.0372. The largest absolute Gasteiger partial charge is 0.411 e. The number of hydrogen-bond acceptors (Lipinski definition) is 5. The van der Waals surface area contributed by atoms with Crippen molar-refractivity contribution in [3.05, 3.63) is 21.9 Å². The summed E-state index contributed by atoms with van der Waals surface area (Å²) in [6.45, 7) is 5.11. The number of thiophene rings is 1. The molecule has 4 nitrogen and oxygen atoms in total. The number of aryl methyl sites for hydroxylation is 1. The Morgan fingerprint density at radius 3 is 2.94 bits per heavy atom. The van der Waals surface area contributed by atoms with Gasteiger partial charge >= 0.3 is 0 Å². The van der Waals surface area contributed by atoms with Crippen molar-refractivity contribution in [1.82, 2.24) is 4.90 Å². The van der Waals surface area contributed by atoms with Crippen molar-refractivity contribution in [3.8, 4) is 0 Å². The van der Waals surface area contributed by atoms with Gasteiger partial charge in [0, 0.05) is 22.8 Å². The highest BCUT2D eigenvalue weighted by molar-refractivity contribution is 7.13. The van der Waals surface area contributed by atoms with E-state index in [1.807, 2.05) is 6.07 Å². The minimum absolute atomic E-state index is 0.884. The molecule has 100 valence electrons. The van der Waals surface area contributed by atoms with Crippen molar-refractivity contribution in [2.75, 3.05) is 32.8 Å². The third-order valence-corrected chi connectivity index (χ3v) is 4.20. The van der Waals surface area contributed by atoms with E-state index in [4.69, 9.17) is 9.94 Å². The smallest absolute Gasteiger partial charge is 0.0833 e. The summed E-state index contributed by atoms with van der Waals surface area (Å²) in [4.78, 5) is 4.86. The van der Waals surface area contributed by atoms with Gasteiger partial charge in [0.05, 0.1) is 19.4 Å². The highest BCUT2D eigenvalue weighted by Gasteiger charge is 2.09. The van der Waals surface area contributed by atoms with Gasteiger partial charge in [0.25, 0.3) is 0 Å². The van der Waals surface area contributed by atoms with Gasteiger partial charge in [-0.25, -0.2) is 0 Å². The first-order valence-corrected chi connectivity index (χ1v) is 7.26. The van der Waals surface area contributed by atoms with Crippen LogP contribution in [0.1, 0.15) is 22.6 Å². The fourth-order valence-electron chi connectivity index (χ4n) is 2.11. The number of ether oxygens (including phenoxy) is 1. The topological polar surface area (TPSA) is 45.1 Å². The van der Waals surface area contributed by atoms with Crippen LogP contribution in [0.2, 0.25) is 0 Å². The number of rotatable bonds is 6. The van der Waals surface area contributed by atoms with Crippen molar-refractivity contribution < 1.29 is 9.94 Å². The predicted octanol–water partition coefficient (Wildman–Crippen LogP) is 2.21. The molecule has 0 saturated carbocycles. The molecule has 0 spiro atoms. The summed E-state index contributed by atoms with van der Waals surface area (Å²) >= 11 is 1.70. The Kier molecular flexibility index (Phi) is 5.64. The van der Waals surface area contributed by atoms with Crippen LogP contribution >= 0.6 is 11.3 Å². The molecule has 1 saturated heterocycles. The van der Waals surface area contributed by atoms with Gasteiger partial charge in [-0.3, -0.25) is 4.90 Å². The van der Waals surface area contributed by atoms with E-state index in [-0.39, 0.29) is 0 Å². The molecule has 0 atom stereocenters. The summed E-state index contributed by atoms with van der Waals surface area (Å²) < 4.78 is 5.33. The summed E-state index contributed by atoms with van der Waals surface area (Å²) in [7, 11) is 0. The molecule has 0 aliphatic carbocycles. The summed E-state index contributed by atoms with van der Waals surface area (Å²) in [5.41, 5.74) is 0. The Balaban J connectivity index is 1.62. The predicted molar refractivity (Wildman–Crippen MR) is 73.9 cm³/mol. The Morgan fingerprint density at radius 2 is 2.17 bits per heavy atom. The first kappa shape index (κ1) is 13.5. The van der Waals surface area contributed by atoms with E-state index in [0.717, 1.165) is 37.6 Å². The summed E-state index contributed by atoms with van der Waals surface area (Å²) in [6, 6.07) is 4.12. The highest BCUT2D eigenvalue weighted by Crippen LogP contribution is 2.17. The molecule has 2 heterocycles. The maximum atomic E-state index is 8.45. The third-order valence-electron chi connectivity index (χ3n) is 3.12. The van der Waals surface area contributed by atoms with E-state index in [1.165, 1.54) is 30.5 Å². The Hall–Kier alpha value is -0.910. The average Bonchev–Trinajstić information content (AvgIpc) is 2.84. The van der Waals surface area contributed by atoms with E-state index in [9.17, 15) is 0 Å². The normalized spacial score (nSPS) is 17.6. The molecule has 1 fully saturated rings. The van der Waals surface area contributed by atoms with Crippen molar-refractivity contribution in [2.45, 2.75) is 19.3 Å². The molecule has 0 bridgehead atoms. The van der Waals surface area contributed by atoms with Gasteiger partial charge in [0.15, 0.2) is 0 Å². The van der Waals surface area contributed by atoms with Crippen molar-refractivity contribution in [3.63, 3.8) is 0 Å². The molecule has 5 heteroatoms. The molecule has 1 aliphatic rings. The maximum Gasteiger partial charge on any atom is 0.0833 e. The minimum Gasteiger partial charge on any atom is -0.411 e. The van der Waals surface area contributed by atoms with Crippen LogP contribution in [-0.4, -0.2) is 49.2 Å². The summed E-state index contributed by atoms with van der Waals surface area (Å²) in [5.74, 6) is 0. The van der Waals surface area contributed by atoms with E-state index >= 15 is 0 Å². The zero-order valence-corrected chi connectivity index (χ0v) is 11.4. The first-order valence-electron chi connectivity index (χ1n) is 6.45. The van der Waals surface area contributed by atoms with Crippen LogP contribution in [-0.2, 0) is 11.2 Å². The molecule has 0 unspecified atom stereocenters. The van der Waals surface area contributed by atoms with Crippen molar-refractivity contribution >= 4 is 17.6 Å². The lowest BCUT2D eigenvalue weighted by Gasteiger charge is -2.26. The molecule has 18 heavy (non-hydrogen) atoms. The van der Waals surface area contributed by atoms with Gasteiger partial charge in [-0.15, -0.1) is 11.3 Å². The molecule has 2 rings (SSSR count). The molecule has 0 aromatic carbocycles. The molecule has 1 N–H and O–H groups in total. The van der Waals surface area contributed by atoms with E-state index in [1.54, 1.807) is 11.3 Å². The Morgan fingerprint density at radius 1 is 1.33 bits per heavy atom. The molecule has 1 aliphatic heterocycles. The second-order valence-corrected chi connectivity index (χ2v) is 5.66. The van der Waals surface area contributed by atoms with Crippen LogP contribution in [0.25, 0.3) is 0 Å². The van der Waals surface area contributed by atoms with Crippen LogP contribution in [0, 0.1) is 0 Å². The molecular weight excluding hydrogens is 248 g/mol. The maximum absolute atomic E-state index is 8.45. The highest BCUT2D eigenvalue weighted by atomic mass is 32.1. The quantitative estimate of drug-likeness (QED) is 0.372. The second kappa shape index (κ2) is 7.51. The van der Waals surface area contributed by atoms with Gasteiger partial charge < -0.3 is 9.94 Å². The van der Waals surface area contributed by atoms with Gasteiger partial charge in [-0.05, 0) is 37.9 Å². The molecule has 0 amide bonds. The molecule has 1 aromatic rings. The Bertz CT molecular complexity index is 373. The fraction of sp³-hybridized carbons (Fsp3) is 0.615. The molecule has 0 radical (unpaired) electrons. The fourth-order valence-corrected chi connectivity index (χ4v) is 3.04. The SMILES string of the molecule is O/N=C/c1ccc(CCCCN2CCOCC2)s1. The summed E-state index contributed by atoms with van der Waals surface area (Å²) in [5, 5.41) is 11.5. The number of morpholine rings is 1. The lowest BCUT2D eigenvalue weighted by Crippen LogP contribution is -2.36. The standard InChI is InChI=1S/C13H20N2O2S/c16-14-11-13-5-4-12(18-13)3-1-2-6-15-7-9-17-10-8-15/h4-5,11,16H,1-3,6-10H2/b14-11+. The van der Waals surface area contributed by atoms with Crippen LogP contribution in [0.15, 0.2) is 17.3 Å². The van der Waals surface area contributed by atoms with Crippen LogP contribution in [0.3, 0.4) is 0 Å². The Labute approximate surface area is 112 Å². The van der Waals surface area contributed by atoms with Gasteiger partial charge in [0.2, 0.25) is 0 Å². The zero-order valence-electron chi connectivity index (χ0n) is 10.5. The first-order chi connectivity index (χ1) is 8.88.